The molecule has 0 aromatic heterocycles. The van der Waals surface area contributed by atoms with Gasteiger partial charge < -0.3 is 24.1 Å². The molecular weight excluding hydrogens is 276 g/mol. The minimum absolute atomic E-state index is 0.0927. The molecule has 0 amide bonds. The monoisotopic (exact) mass is 294 g/mol. The molecule has 1 N–H and O–H groups in total. The van der Waals surface area contributed by atoms with E-state index < -0.39 is 5.97 Å². The second-order valence-electron chi connectivity index (χ2n) is 3.86. The van der Waals surface area contributed by atoms with Gasteiger partial charge in [-0.1, -0.05) is 24.3 Å². The standard InChI is InChI=1S/C15H18O6/c1-18-10-20-13-8-7-12(5-3-4-6-15(16)17)9-14(13)21-11-19-2/h3-9H,10-11H2,1-2H3,(H,16,17). The summed E-state index contributed by atoms with van der Waals surface area (Å²) in [7, 11) is 3.05. The Morgan fingerprint density at radius 3 is 2.38 bits per heavy atom. The van der Waals surface area contributed by atoms with Gasteiger partial charge in [0.05, 0.1) is 0 Å². The van der Waals surface area contributed by atoms with Gasteiger partial charge in [-0.15, -0.1) is 0 Å². The molecule has 6 nitrogen and oxygen atoms in total. The maximum Gasteiger partial charge on any atom is 0.328 e. The number of benzene rings is 1. The van der Waals surface area contributed by atoms with Gasteiger partial charge in [0.1, 0.15) is 0 Å². The molecule has 21 heavy (non-hydrogen) atoms. The molecule has 0 aliphatic rings. The largest absolute Gasteiger partial charge is 0.478 e. The van der Waals surface area contributed by atoms with E-state index in [9.17, 15) is 4.79 Å². The quantitative estimate of drug-likeness (QED) is 0.428. The van der Waals surface area contributed by atoms with Crippen LogP contribution in [0.25, 0.3) is 6.08 Å². The third-order valence-electron chi connectivity index (χ3n) is 2.27. The van der Waals surface area contributed by atoms with E-state index in [0.29, 0.717) is 11.5 Å². The van der Waals surface area contributed by atoms with Crippen molar-refractivity contribution in [2.45, 2.75) is 0 Å². The maximum atomic E-state index is 10.3. The Balaban J connectivity index is 2.84. The van der Waals surface area contributed by atoms with Crippen molar-refractivity contribution in [3.63, 3.8) is 0 Å². The highest BCUT2D eigenvalue weighted by Crippen LogP contribution is 2.29. The predicted molar refractivity (Wildman–Crippen MR) is 77.3 cm³/mol. The van der Waals surface area contributed by atoms with Crippen molar-refractivity contribution in [1.82, 2.24) is 0 Å². The van der Waals surface area contributed by atoms with Gasteiger partial charge in [0.2, 0.25) is 0 Å². The number of carbonyl (C=O) groups is 1. The highest BCUT2D eigenvalue weighted by Gasteiger charge is 2.05. The van der Waals surface area contributed by atoms with Crippen LogP contribution in [-0.4, -0.2) is 38.9 Å². The van der Waals surface area contributed by atoms with Crippen LogP contribution in [-0.2, 0) is 14.3 Å². The Morgan fingerprint density at radius 1 is 1.10 bits per heavy atom. The van der Waals surface area contributed by atoms with Crippen molar-refractivity contribution in [2.24, 2.45) is 0 Å². The average Bonchev–Trinajstić information content (AvgIpc) is 2.48. The summed E-state index contributed by atoms with van der Waals surface area (Å²) in [6, 6.07) is 5.31. The second-order valence-corrected chi connectivity index (χ2v) is 3.86. The molecule has 0 spiro atoms. The molecule has 0 saturated carbocycles. The number of carboxylic acid groups (broad SMARTS) is 1. The van der Waals surface area contributed by atoms with E-state index in [-0.39, 0.29) is 13.6 Å². The van der Waals surface area contributed by atoms with Gasteiger partial charge in [0, 0.05) is 20.3 Å². The minimum atomic E-state index is -0.993. The molecule has 0 fully saturated rings. The zero-order chi connectivity index (χ0) is 15.5. The summed E-state index contributed by atoms with van der Waals surface area (Å²) in [5.41, 5.74) is 0.834. The van der Waals surface area contributed by atoms with Crippen molar-refractivity contribution in [2.75, 3.05) is 27.8 Å². The Bertz CT molecular complexity index is 507. The molecule has 0 atom stereocenters. The average molecular weight is 294 g/mol. The number of methoxy groups -OCH3 is 2. The van der Waals surface area contributed by atoms with Crippen molar-refractivity contribution in [3.8, 4) is 11.5 Å². The Hall–Kier alpha value is -2.31. The molecule has 0 radical (unpaired) electrons. The molecule has 6 heteroatoms. The number of hydrogen-bond donors (Lipinski definition) is 1. The fraction of sp³-hybridized carbons (Fsp3) is 0.267. The summed E-state index contributed by atoms with van der Waals surface area (Å²) in [5.74, 6) is 0.0532. The topological polar surface area (TPSA) is 74.2 Å². The van der Waals surface area contributed by atoms with Gasteiger partial charge in [-0.25, -0.2) is 4.79 Å². The summed E-state index contributed by atoms with van der Waals surface area (Å²) >= 11 is 0. The normalized spacial score (nSPS) is 11.1. The van der Waals surface area contributed by atoms with Crippen LogP contribution in [0.1, 0.15) is 5.56 Å². The van der Waals surface area contributed by atoms with Crippen LogP contribution in [0, 0.1) is 0 Å². The summed E-state index contributed by atoms with van der Waals surface area (Å²) in [5, 5.41) is 8.49. The highest BCUT2D eigenvalue weighted by molar-refractivity contribution is 5.80. The molecule has 1 aromatic carbocycles. The van der Waals surface area contributed by atoms with Gasteiger partial charge in [-0.3, -0.25) is 0 Å². The van der Waals surface area contributed by atoms with Crippen molar-refractivity contribution in [3.05, 3.63) is 42.0 Å². The van der Waals surface area contributed by atoms with Crippen molar-refractivity contribution >= 4 is 12.0 Å². The van der Waals surface area contributed by atoms with Crippen LogP contribution in [0.15, 0.2) is 36.4 Å². The van der Waals surface area contributed by atoms with Crippen LogP contribution in [0.4, 0.5) is 0 Å². The molecule has 0 unspecified atom stereocenters. The molecular formula is C15H18O6. The maximum absolute atomic E-state index is 10.3. The molecule has 0 saturated heterocycles. The molecule has 114 valence electrons. The molecule has 0 heterocycles. The van der Waals surface area contributed by atoms with E-state index in [2.05, 4.69) is 0 Å². The van der Waals surface area contributed by atoms with Gasteiger partial charge in [-0.2, -0.15) is 0 Å². The molecule has 0 aliphatic carbocycles. The van der Waals surface area contributed by atoms with Gasteiger partial charge >= 0.3 is 5.97 Å². The van der Waals surface area contributed by atoms with Crippen molar-refractivity contribution in [1.29, 1.82) is 0 Å². The molecule has 1 rings (SSSR count). The Labute approximate surface area is 123 Å². The molecule has 0 bridgehead atoms. The Morgan fingerprint density at radius 2 is 1.76 bits per heavy atom. The smallest absolute Gasteiger partial charge is 0.328 e. The summed E-state index contributed by atoms with van der Waals surface area (Å²) in [6.07, 6.45) is 5.86. The molecule has 1 aromatic rings. The van der Waals surface area contributed by atoms with E-state index in [1.807, 2.05) is 6.07 Å². The lowest BCUT2D eigenvalue weighted by atomic mass is 10.2. The zero-order valence-electron chi connectivity index (χ0n) is 11.9. The first-order valence-electron chi connectivity index (χ1n) is 6.12. The minimum Gasteiger partial charge on any atom is -0.478 e. The van der Waals surface area contributed by atoms with Gasteiger partial charge in [0.15, 0.2) is 25.1 Å². The number of ether oxygens (including phenoxy) is 4. The highest BCUT2D eigenvalue weighted by atomic mass is 16.7. The summed E-state index contributed by atoms with van der Waals surface area (Å²) in [6.45, 7) is 0.204. The number of hydrogen-bond acceptors (Lipinski definition) is 5. The van der Waals surface area contributed by atoms with Crippen LogP contribution < -0.4 is 9.47 Å². The van der Waals surface area contributed by atoms with Crippen LogP contribution in [0.5, 0.6) is 11.5 Å². The SMILES string of the molecule is COCOc1ccc(C=CC=CC(=O)O)cc1OCOC. The Kier molecular flexibility index (Phi) is 7.63. The number of rotatable bonds is 9. The van der Waals surface area contributed by atoms with Gasteiger partial charge in [0.25, 0.3) is 0 Å². The van der Waals surface area contributed by atoms with E-state index in [0.717, 1.165) is 11.6 Å². The number of aliphatic carboxylic acids is 1. The predicted octanol–water partition coefficient (Wildman–Crippen LogP) is 2.31. The fourth-order valence-corrected chi connectivity index (χ4v) is 1.41. The van der Waals surface area contributed by atoms with Crippen LogP contribution in [0.2, 0.25) is 0 Å². The van der Waals surface area contributed by atoms with E-state index in [1.165, 1.54) is 20.3 Å². The summed E-state index contributed by atoms with van der Waals surface area (Å²) in [4.78, 5) is 10.3. The zero-order valence-corrected chi connectivity index (χ0v) is 11.9. The third-order valence-corrected chi connectivity index (χ3v) is 2.27. The first-order valence-corrected chi connectivity index (χ1v) is 6.12. The van der Waals surface area contributed by atoms with E-state index >= 15 is 0 Å². The fourth-order valence-electron chi connectivity index (χ4n) is 1.41. The van der Waals surface area contributed by atoms with Crippen LogP contribution in [0.3, 0.4) is 0 Å². The van der Waals surface area contributed by atoms with E-state index in [4.69, 9.17) is 24.1 Å². The first kappa shape index (κ1) is 16.7. The first-order chi connectivity index (χ1) is 10.2. The lowest BCUT2D eigenvalue weighted by Crippen LogP contribution is -2.04. The van der Waals surface area contributed by atoms with Crippen molar-refractivity contribution < 1.29 is 28.8 Å². The van der Waals surface area contributed by atoms with E-state index in [1.54, 1.807) is 24.3 Å². The second kappa shape index (κ2) is 9.57. The number of carboxylic acids is 1. The van der Waals surface area contributed by atoms with Crippen LogP contribution >= 0.6 is 0 Å². The summed E-state index contributed by atoms with van der Waals surface area (Å²) < 4.78 is 20.5. The number of allylic oxidation sites excluding steroid dienone is 2. The lowest BCUT2D eigenvalue weighted by Gasteiger charge is -2.12. The molecule has 0 aliphatic heterocycles. The van der Waals surface area contributed by atoms with Gasteiger partial charge in [-0.05, 0) is 17.7 Å². The third kappa shape index (κ3) is 6.60. The lowest BCUT2D eigenvalue weighted by molar-refractivity contribution is -0.131.